The fraction of sp³-hybridized carbons (Fsp3) is 0.412. The SMILES string of the molecule is CCOC(=O)C(CNC(=O)COC1CC(CNc2ccccn2)N(OC(=O)OCc2ccccc2)C1)NS(=O)(=O)c1c(C)cc(C)cc1C. The number of aryl methyl sites for hydroxylation is 3. The van der Waals surface area contributed by atoms with Crippen LogP contribution in [0.1, 0.15) is 35.6 Å². The van der Waals surface area contributed by atoms with Gasteiger partial charge in [0.05, 0.1) is 30.2 Å². The van der Waals surface area contributed by atoms with Crippen LogP contribution < -0.4 is 15.4 Å². The molecule has 3 unspecified atom stereocenters. The van der Waals surface area contributed by atoms with Gasteiger partial charge in [-0.3, -0.25) is 9.59 Å². The van der Waals surface area contributed by atoms with Crippen LogP contribution in [0.15, 0.2) is 71.8 Å². The largest absolute Gasteiger partial charge is 0.528 e. The molecule has 264 valence electrons. The van der Waals surface area contributed by atoms with E-state index in [0.29, 0.717) is 29.9 Å². The van der Waals surface area contributed by atoms with Crippen molar-refractivity contribution in [3.8, 4) is 0 Å². The van der Waals surface area contributed by atoms with Crippen molar-refractivity contribution in [2.24, 2.45) is 0 Å². The smallest absolute Gasteiger partial charge is 0.465 e. The predicted octanol–water partition coefficient (Wildman–Crippen LogP) is 3.17. The van der Waals surface area contributed by atoms with Gasteiger partial charge in [0.2, 0.25) is 15.9 Å². The van der Waals surface area contributed by atoms with E-state index in [9.17, 15) is 22.8 Å². The molecular formula is C34H43N5O9S. The maximum absolute atomic E-state index is 13.3. The molecule has 0 spiro atoms. The highest BCUT2D eigenvalue weighted by atomic mass is 32.2. The number of rotatable bonds is 16. The van der Waals surface area contributed by atoms with Crippen molar-refractivity contribution >= 4 is 33.9 Å². The number of benzene rings is 2. The molecule has 3 aromatic rings. The van der Waals surface area contributed by atoms with Gasteiger partial charge in [0.1, 0.15) is 25.1 Å². The Kier molecular flexibility index (Phi) is 13.5. The van der Waals surface area contributed by atoms with Gasteiger partial charge < -0.3 is 29.7 Å². The molecule has 49 heavy (non-hydrogen) atoms. The average Bonchev–Trinajstić information content (AvgIpc) is 3.45. The van der Waals surface area contributed by atoms with E-state index >= 15 is 0 Å². The minimum atomic E-state index is -4.14. The van der Waals surface area contributed by atoms with Crippen molar-refractivity contribution in [3.05, 3.63) is 89.1 Å². The first-order chi connectivity index (χ1) is 23.4. The van der Waals surface area contributed by atoms with Crippen molar-refractivity contribution in [2.75, 3.05) is 38.2 Å². The first-order valence-electron chi connectivity index (χ1n) is 15.9. The van der Waals surface area contributed by atoms with Gasteiger partial charge in [-0.15, -0.1) is 5.06 Å². The third-order valence-electron chi connectivity index (χ3n) is 7.60. The van der Waals surface area contributed by atoms with Gasteiger partial charge in [0.15, 0.2) is 0 Å². The number of nitrogens with zero attached hydrogens (tertiary/aromatic N) is 2. The number of aromatic nitrogens is 1. The van der Waals surface area contributed by atoms with E-state index in [1.54, 1.807) is 51.2 Å². The molecule has 0 radical (unpaired) electrons. The maximum Gasteiger partial charge on any atom is 0.528 e. The third-order valence-corrected chi connectivity index (χ3v) is 9.37. The lowest BCUT2D eigenvalue weighted by atomic mass is 10.1. The lowest BCUT2D eigenvalue weighted by Crippen LogP contribution is -2.49. The summed E-state index contributed by atoms with van der Waals surface area (Å²) < 4.78 is 45.3. The summed E-state index contributed by atoms with van der Waals surface area (Å²) in [4.78, 5) is 47.9. The molecule has 2 heterocycles. The summed E-state index contributed by atoms with van der Waals surface area (Å²) in [5, 5.41) is 7.22. The Balaban J connectivity index is 1.33. The number of nitrogens with one attached hydrogen (secondary N) is 3. The number of sulfonamides is 1. The maximum atomic E-state index is 13.3. The average molecular weight is 698 g/mol. The molecule has 3 atom stereocenters. The Labute approximate surface area is 286 Å². The van der Waals surface area contributed by atoms with E-state index in [1.165, 1.54) is 5.06 Å². The van der Waals surface area contributed by atoms with Crippen LogP contribution in [0.3, 0.4) is 0 Å². The van der Waals surface area contributed by atoms with Gasteiger partial charge in [-0.2, -0.15) is 4.72 Å². The quantitative estimate of drug-likeness (QED) is 0.187. The van der Waals surface area contributed by atoms with Gasteiger partial charge in [-0.25, -0.2) is 18.2 Å². The molecule has 1 saturated heterocycles. The third kappa shape index (κ3) is 11.2. The molecule has 0 saturated carbocycles. The van der Waals surface area contributed by atoms with Crippen LogP contribution in [-0.4, -0.2) is 87.5 Å². The van der Waals surface area contributed by atoms with Gasteiger partial charge in [0, 0.05) is 19.3 Å². The number of hydrogen-bond acceptors (Lipinski definition) is 12. The normalized spacial score (nSPS) is 16.8. The zero-order chi connectivity index (χ0) is 35.4. The van der Waals surface area contributed by atoms with Gasteiger partial charge in [-0.05, 0) is 62.9 Å². The van der Waals surface area contributed by atoms with Crippen molar-refractivity contribution < 1.29 is 41.8 Å². The summed E-state index contributed by atoms with van der Waals surface area (Å²) in [7, 11) is -4.14. The van der Waals surface area contributed by atoms with Crippen LogP contribution in [0.2, 0.25) is 0 Å². The molecule has 3 N–H and O–H groups in total. The van der Waals surface area contributed by atoms with E-state index < -0.39 is 46.8 Å². The molecule has 1 aliphatic heterocycles. The van der Waals surface area contributed by atoms with E-state index in [4.69, 9.17) is 19.0 Å². The topological polar surface area (TPSA) is 174 Å². The van der Waals surface area contributed by atoms with Crippen LogP contribution in [0.5, 0.6) is 0 Å². The summed E-state index contributed by atoms with van der Waals surface area (Å²) in [6.45, 7) is 6.62. The number of hydrogen-bond donors (Lipinski definition) is 3. The highest BCUT2D eigenvalue weighted by molar-refractivity contribution is 7.89. The van der Waals surface area contributed by atoms with Crippen LogP contribution >= 0.6 is 0 Å². The van der Waals surface area contributed by atoms with E-state index in [-0.39, 0.29) is 37.2 Å². The molecule has 1 fully saturated rings. The number of amides is 1. The summed E-state index contributed by atoms with van der Waals surface area (Å²) in [6.07, 6.45) is 0.668. The van der Waals surface area contributed by atoms with Crippen LogP contribution in [-0.2, 0) is 45.3 Å². The monoisotopic (exact) mass is 697 g/mol. The zero-order valence-corrected chi connectivity index (χ0v) is 28.8. The number of carbonyl (C=O) groups is 3. The van der Waals surface area contributed by atoms with Crippen molar-refractivity contribution in [2.45, 2.75) is 63.8 Å². The predicted molar refractivity (Wildman–Crippen MR) is 180 cm³/mol. The van der Waals surface area contributed by atoms with Crippen molar-refractivity contribution in [1.29, 1.82) is 0 Å². The number of carbonyl (C=O) groups excluding carboxylic acids is 3. The second kappa shape index (κ2) is 17.7. The number of hydroxylamine groups is 2. The summed E-state index contributed by atoms with van der Waals surface area (Å²) >= 11 is 0. The molecule has 4 rings (SSSR count). The Bertz CT molecular complexity index is 1650. The van der Waals surface area contributed by atoms with Gasteiger partial charge in [0.25, 0.3) is 0 Å². The van der Waals surface area contributed by atoms with E-state index in [2.05, 4.69) is 20.3 Å². The molecule has 14 nitrogen and oxygen atoms in total. The second-order valence-electron chi connectivity index (χ2n) is 11.6. The first kappa shape index (κ1) is 37.3. The molecule has 15 heteroatoms. The van der Waals surface area contributed by atoms with Gasteiger partial charge >= 0.3 is 12.1 Å². The molecular weight excluding hydrogens is 654 g/mol. The zero-order valence-electron chi connectivity index (χ0n) is 28.0. The minimum Gasteiger partial charge on any atom is -0.465 e. The number of pyridine rings is 1. The van der Waals surface area contributed by atoms with Crippen molar-refractivity contribution in [1.82, 2.24) is 20.1 Å². The Morgan fingerprint density at radius 3 is 2.39 bits per heavy atom. The minimum absolute atomic E-state index is 0.0209. The van der Waals surface area contributed by atoms with E-state index in [0.717, 1.165) is 11.1 Å². The summed E-state index contributed by atoms with van der Waals surface area (Å²) in [5.74, 6) is -0.779. The van der Waals surface area contributed by atoms with Gasteiger partial charge in [-0.1, -0.05) is 54.1 Å². The fourth-order valence-corrected chi connectivity index (χ4v) is 7.14. The molecule has 1 aliphatic rings. The molecule has 2 aromatic carbocycles. The Hall–Kier alpha value is -4.57. The summed E-state index contributed by atoms with van der Waals surface area (Å²) in [5.41, 5.74) is 2.76. The molecule has 0 aliphatic carbocycles. The van der Waals surface area contributed by atoms with Crippen LogP contribution in [0.25, 0.3) is 0 Å². The fourth-order valence-electron chi connectivity index (χ4n) is 5.50. The molecule has 1 aromatic heterocycles. The molecule has 0 bridgehead atoms. The lowest BCUT2D eigenvalue weighted by molar-refractivity contribution is -0.145. The molecule has 1 amide bonds. The van der Waals surface area contributed by atoms with Crippen molar-refractivity contribution in [3.63, 3.8) is 0 Å². The standard InChI is InChI=1S/C34H43N5O9S/c1-5-45-33(41)29(38-49(43,44)32-24(3)15-23(2)16-25(32)4)19-37-31(40)22-46-28-17-27(18-36-30-13-9-10-14-35-30)39(20-28)48-34(42)47-21-26-11-7-6-8-12-26/h6-16,27-29,38H,5,17-22H2,1-4H3,(H,35,36)(H,37,40). The first-order valence-corrected chi connectivity index (χ1v) is 17.4. The lowest BCUT2D eigenvalue weighted by Gasteiger charge is -2.22. The number of anilines is 1. The highest BCUT2D eigenvalue weighted by Gasteiger charge is 2.37. The van der Waals surface area contributed by atoms with Crippen LogP contribution in [0, 0.1) is 20.8 Å². The van der Waals surface area contributed by atoms with Crippen LogP contribution in [0.4, 0.5) is 10.6 Å². The Morgan fingerprint density at radius 2 is 1.71 bits per heavy atom. The van der Waals surface area contributed by atoms with E-state index in [1.807, 2.05) is 43.3 Å². The Morgan fingerprint density at radius 1 is 1.00 bits per heavy atom. The number of ether oxygens (including phenoxy) is 3. The number of esters is 1. The second-order valence-corrected chi connectivity index (χ2v) is 13.2. The highest BCUT2D eigenvalue weighted by Crippen LogP contribution is 2.23. The summed E-state index contributed by atoms with van der Waals surface area (Å²) in [6, 6.07) is 16.4.